The summed E-state index contributed by atoms with van der Waals surface area (Å²) in [5, 5.41) is 4.70. The Morgan fingerprint density at radius 2 is 1.62 bits per heavy atom. The lowest BCUT2D eigenvalue weighted by atomic mass is 10.2. The quantitative estimate of drug-likeness (QED) is 0.707. The van der Waals surface area contributed by atoms with E-state index in [2.05, 4.69) is 9.97 Å². The van der Waals surface area contributed by atoms with Gasteiger partial charge in [-0.3, -0.25) is 0 Å². The van der Waals surface area contributed by atoms with E-state index in [0.717, 1.165) is 17.2 Å². The van der Waals surface area contributed by atoms with Gasteiger partial charge in [0.25, 0.3) is 5.95 Å². The summed E-state index contributed by atoms with van der Waals surface area (Å²) in [7, 11) is 0. The van der Waals surface area contributed by atoms with E-state index in [-0.39, 0.29) is 0 Å². The van der Waals surface area contributed by atoms with Gasteiger partial charge in [0.05, 0.1) is 6.20 Å². The van der Waals surface area contributed by atoms with Crippen LogP contribution in [0.4, 0.5) is 0 Å². The molecule has 0 spiro atoms. The minimum atomic E-state index is 0.496. The zero-order chi connectivity index (χ0) is 15.9. The Balaban J connectivity index is 1.46. The standard InChI is InChI=1S/C19H18N4O/c1-2-4-16(5-3-1)24-17-12-23(22-18(17)14-8-9-14)19-20-10-15(11-21-19)13-6-7-13/h1-5,10-14H,6-9H2. The van der Waals surface area contributed by atoms with Gasteiger partial charge in [-0.1, -0.05) is 18.2 Å². The van der Waals surface area contributed by atoms with Gasteiger partial charge in [0.15, 0.2) is 5.75 Å². The molecule has 1 aromatic carbocycles. The average Bonchev–Trinajstić information content (AvgIpc) is 3.54. The minimum Gasteiger partial charge on any atom is -0.454 e. The number of rotatable bonds is 5. The summed E-state index contributed by atoms with van der Waals surface area (Å²) in [6.45, 7) is 0. The molecule has 0 radical (unpaired) electrons. The van der Waals surface area contributed by atoms with Crippen molar-refractivity contribution >= 4 is 0 Å². The first-order valence-corrected chi connectivity index (χ1v) is 8.51. The normalized spacial score (nSPS) is 17.0. The molecule has 3 aromatic rings. The molecule has 0 amide bonds. The van der Waals surface area contributed by atoms with E-state index < -0.39 is 0 Å². The van der Waals surface area contributed by atoms with Gasteiger partial charge in [-0.2, -0.15) is 5.10 Å². The molecule has 5 heteroatoms. The molecule has 5 nitrogen and oxygen atoms in total. The number of hydrogen-bond donors (Lipinski definition) is 0. The summed E-state index contributed by atoms with van der Waals surface area (Å²) in [4.78, 5) is 8.97. The van der Waals surface area contributed by atoms with Gasteiger partial charge in [-0.05, 0) is 49.3 Å². The first kappa shape index (κ1) is 13.7. The van der Waals surface area contributed by atoms with Gasteiger partial charge < -0.3 is 4.74 Å². The first-order valence-electron chi connectivity index (χ1n) is 8.51. The monoisotopic (exact) mass is 318 g/mol. The highest BCUT2D eigenvalue weighted by atomic mass is 16.5. The molecule has 2 aliphatic carbocycles. The fraction of sp³-hybridized carbons (Fsp3) is 0.316. The van der Waals surface area contributed by atoms with Crippen LogP contribution in [0.2, 0.25) is 0 Å². The van der Waals surface area contributed by atoms with E-state index in [1.54, 1.807) is 4.68 Å². The van der Waals surface area contributed by atoms with Crippen LogP contribution >= 0.6 is 0 Å². The molecule has 2 aliphatic rings. The molecule has 2 heterocycles. The number of ether oxygens (including phenoxy) is 1. The Bertz CT molecular complexity index is 849. The van der Waals surface area contributed by atoms with E-state index in [0.29, 0.717) is 17.8 Å². The molecule has 2 aromatic heterocycles. The van der Waals surface area contributed by atoms with Gasteiger partial charge in [0.2, 0.25) is 0 Å². The third-order valence-corrected chi connectivity index (χ3v) is 4.55. The molecule has 2 saturated carbocycles. The SMILES string of the molecule is c1ccc(Oc2cn(-c3ncc(C4CC4)cn3)nc2C2CC2)cc1. The number of benzene rings is 1. The predicted octanol–water partition coefficient (Wildman–Crippen LogP) is 4.21. The summed E-state index contributed by atoms with van der Waals surface area (Å²) >= 11 is 0. The van der Waals surface area contributed by atoms with Crippen LogP contribution < -0.4 is 4.74 Å². The molecule has 120 valence electrons. The van der Waals surface area contributed by atoms with Gasteiger partial charge in [-0.25, -0.2) is 14.6 Å². The Labute approximate surface area is 140 Å². The van der Waals surface area contributed by atoms with E-state index in [9.17, 15) is 0 Å². The summed E-state index contributed by atoms with van der Waals surface area (Å²) in [6, 6.07) is 9.82. The summed E-state index contributed by atoms with van der Waals surface area (Å²) in [6.07, 6.45) is 10.6. The van der Waals surface area contributed by atoms with Crippen LogP contribution in [-0.2, 0) is 0 Å². The zero-order valence-electron chi connectivity index (χ0n) is 13.3. The summed E-state index contributed by atoms with van der Waals surface area (Å²) in [5.74, 6) is 3.39. The molecule has 0 aliphatic heterocycles. The second kappa shape index (κ2) is 5.44. The maximum atomic E-state index is 6.05. The second-order valence-electron chi connectivity index (χ2n) is 6.60. The van der Waals surface area contributed by atoms with E-state index >= 15 is 0 Å². The first-order chi connectivity index (χ1) is 11.9. The van der Waals surface area contributed by atoms with Crippen molar-refractivity contribution in [3.05, 3.63) is 60.2 Å². The molecule has 0 bridgehead atoms. The fourth-order valence-corrected chi connectivity index (χ4v) is 2.88. The molecular formula is C19H18N4O. The van der Waals surface area contributed by atoms with Crippen LogP contribution in [0.1, 0.15) is 48.8 Å². The van der Waals surface area contributed by atoms with Crippen molar-refractivity contribution in [3.63, 3.8) is 0 Å². The number of aromatic nitrogens is 4. The van der Waals surface area contributed by atoms with Crippen molar-refractivity contribution in [2.75, 3.05) is 0 Å². The summed E-state index contributed by atoms with van der Waals surface area (Å²) in [5.41, 5.74) is 2.24. The van der Waals surface area contributed by atoms with Gasteiger partial charge in [0, 0.05) is 18.3 Å². The van der Waals surface area contributed by atoms with Crippen LogP contribution in [0.3, 0.4) is 0 Å². The molecule has 0 unspecified atom stereocenters. The number of hydrogen-bond acceptors (Lipinski definition) is 4. The largest absolute Gasteiger partial charge is 0.454 e. The van der Waals surface area contributed by atoms with Crippen LogP contribution in [0, 0.1) is 0 Å². The average molecular weight is 318 g/mol. The molecule has 5 rings (SSSR count). The minimum absolute atomic E-state index is 0.496. The topological polar surface area (TPSA) is 52.8 Å². The predicted molar refractivity (Wildman–Crippen MR) is 89.6 cm³/mol. The van der Waals surface area contributed by atoms with Crippen molar-refractivity contribution < 1.29 is 4.74 Å². The molecule has 0 saturated heterocycles. The lowest BCUT2D eigenvalue weighted by Gasteiger charge is -2.03. The summed E-state index contributed by atoms with van der Waals surface area (Å²) < 4.78 is 7.78. The van der Waals surface area contributed by atoms with Crippen molar-refractivity contribution in [1.82, 2.24) is 19.7 Å². The number of para-hydroxylation sites is 1. The van der Waals surface area contributed by atoms with Crippen LogP contribution in [0.5, 0.6) is 11.5 Å². The van der Waals surface area contributed by atoms with Crippen molar-refractivity contribution in [3.8, 4) is 17.4 Å². The van der Waals surface area contributed by atoms with Crippen LogP contribution in [0.25, 0.3) is 5.95 Å². The van der Waals surface area contributed by atoms with Crippen LogP contribution in [0.15, 0.2) is 48.9 Å². The molecular weight excluding hydrogens is 300 g/mol. The zero-order valence-corrected chi connectivity index (χ0v) is 13.3. The highest BCUT2D eigenvalue weighted by Crippen LogP contribution is 2.44. The Hall–Kier alpha value is -2.69. The van der Waals surface area contributed by atoms with Crippen molar-refractivity contribution in [2.24, 2.45) is 0 Å². The van der Waals surface area contributed by atoms with E-state index in [4.69, 9.17) is 9.84 Å². The Kier molecular flexibility index (Phi) is 3.11. The number of nitrogens with zero attached hydrogens (tertiary/aromatic N) is 4. The molecule has 0 atom stereocenters. The third kappa shape index (κ3) is 2.66. The van der Waals surface area contributed by atoms with Gasteiger partial charge in [-0.15, -0.1) is 0 Å². The highest BCUT2D eigenvalue weighted by molar-refractivity contribution is 5.38. The Morgan fingerprint density at radius 3 is 2.29 bits per heavy atom. The van der Waals surface area contributed by atoms with Gasteiger partial charge in [0.1, 0.15) is 11.4 Å². The molecule has 2 fully saturated rings. The second-order valence-corrected chi connectivity index (χ2v) is 6.60. The van der Waals surface area contributed by atoms with Crippen molar-refractivity contribution in [2.45, 2.75) is 37.5 Å². The Morgan fingerprint density at radius 1 is 0.917 bits per heavy atom. The highest BCUT2D eigenvalue weighted by Gasteiger charge is 2.31. The molecule has 0 N–H and O–H groups in total. The third-order valence-electron chi connectivity index (χ3n) is 4.55. The maximum Gasteiger partial charge on any atom is 0.250 e. The van der Waals surface area contributed by atoms with E-state index in [1.807, 2.05) is 48.9 Å². The van der Waals surface area contributed by atoms with Crippen LogP contribution in [-0.4, -0.2) is 19.7 Å². The fourth-order valence-electron chi connectivity index (χ4n) is 2.88. The smallest absolute Gasteiger partial charge is 0.250 e. The maximum absolute atomic E-state index is 6.05. The van der Waals surface area contributed by atoms with Crippen molar-refractivity contribution in [1.29, 1.82) is 0 Å². The lowest BCUT2D eigenvalue weighted by Crippen LogP contribution is -2.02. The molecule has 24 heavy (non-hydrogen) atoms. The van der Waals surface area contributed by atoms with E-state index in [1.165, 1.54) is 31.2 Å². The lowest BCUT2D eigenvalue weighted by molar-refractivity contribution is 0.476. The van der Waals surface area contributed by atoms with Gasteiger partial charge >= 0.3 is 0 Å².